The summed E-state index contributed by atoms with van der Waals surface area (Å²) < 4.78 is 37.0. The minimum absolute atomic E-state index is 0.102. The van der Waals surface area contributed by atoms with E-state index in [1.807, 2.05) is 0 Å². The van der Waals surface area contributed by atoms with Crippen LogP contribution in [0.2, 0.25) is 0 Å². The highest BCUT2D eigenvalue weighted by Gasteiger charge is 2.25. The molecule has 1 rings (SSSR count). The van der Waals surface area contributed by atoms with Crippen molar-refractivity contribution in [3.8, 4) is 0 Å². The van der Waals surface area contributed by atoms with Crippen molar-refractivity contribution < 1.29 is 17.7 Å². The molecule has 0 aliphatic rings. The molecule has 0 saturated heterocycles. The third-order valence-corrected chi connectivity index (χ3v) is 4.60. The molecular formula is C9H9BrFNO4S. The number of halogens is 2. The molecule has 0 aliphatic heterocycles. The Kier molecular flexibility index (Phi) is 4.21. The van der Waals surface area contributed by atoms with Crippen LogP contribution in [0.4, 0.5) is 10.1 Å². The first-order valence-corrected chi connectivity index (χ1v) is 7.37. The molecule has 0 unspecified atom stereocenters. The van der Waals surface area contributed by atoms with Gasteiger partial charge in [-0.3, -0.25) is 10.1 Å². The third kappa shape index (κ3) is 2.63. The Balaban J connectivity index is 3.58. The Morgan fingerprint density at radius 1 is 1.47 bits per heavy atom. The number of rotatable bonds is 4. The molecule has 0 radical (unpaired) electrons. The molecule has 0 amide bonds. The van der Waals surface area contributed by atoms with Crippen molar-refractivity contribution >= 4 is 31.5 Å². The van der Waals surface area contributed by atoms with E-state index >= 15 is 0 Å². The molecule has 0 bridgehead atoms. The fourth-order valence-electron chi connectivity index (χ4n) is 1.30. The molecule has 0 aromatic heterocycles. The smallest absolute Gasteiger partial charge is 0.258 e. The predicted molar refractivity (Wildman–Crippen MR) is 63.4 cm³/mol. The normalized spacial score (nSPS) is 11.5. The van der Waals surface area contributed by atoms with E-state index in [0.717, 1.165) is 12.1 Å². The van der Waals surface area contributed by atoms with Gasteiger partial charge in [0.1, 0.15) is 0 Å². The lowest BCUT2D eigenvalue weighted by atomic mass is 10.2. The second-order valence-corrected chi connectivity index (χ2v) is 5.98. The van der Waals surface area contributed by atoms with Gasteiger partial charge in [0.2, 0.25) is 5.82 Å². The summed E-state index contributed by atoms with van der Waals surface area (Å²) in [5.41, 5.74) is -0.935. The second-order valence-electron chi connectivity index (χ2n) is 3.17. The highest BCUT2D eigenvalue weighted by molar-refractivity contribution is 9.08. The van der Waals surface area contributed by atoms with Crippen molar-refractivity contribution in [2.24, 2.45) is 0 Å². The summed E-state index contributed by atoms with van der Waals surface area (Å²) in [5, 5.41) is 10.4. The fraction of sp³-hybridized carbons (Fsp3) is 0.333. The molecule has 1 aromatic carbocycles. The first-order valence-electron chi connectivity index (χ1n) is 4.59. The van der Waals surface area contributed by atoms with Crippen molar-refractivity contribution in [2.45, 2.75) is 17.1 Å². The Bertz CT molecular complexity index is 558. The summed E-state index contributed by atoms with van der Waals surface area (Å²) >= 11 is 2.94. The summed E-state index contributed by atoms with van der Waals surface area (Å²) in [4.78, 5) is 9.43. The van der Waals surface area contributed by atoms with Crippen molar-refractivity contribution in [2.75, 3.05) is 5.75 Å². The summed E-state index contributed by atoms with van der Waals surface area (Å²) in [6.45, 7) is 1.42. The number of nitrogens with zero attached hydrogens (tertiary/aromatic N) is 1. The minimum Gasteiger partial charge on any atom is -0.258 e. The van der Waals surface area contributed by atoms with Gasteiger partial charge in [-0.25, -0.2) is 8.42 Å². The number of nitro benzene ring substituents is 1. The van der Waals surface area contributed by atoms with E-state index in [4.69, 9.17) is 0 Å². The van der Waals surface area contributed by atoms with E-state index in [1.54, 1.807) is 0 Å². The summed E-state index contributed by atoms with van der Waals surface area (Å²) in [5.74, 6) is -1.30. The average molecular weight is 326 g/mol. The third-order valence-electron chi connectivity index (χ3n) is 2.23. The van der Waals surface area contributed by atoms with Gasteiger partial charge in [0.25, 0.3) is 0 Å². The topological polar surface area (TPSA) is 77.3 Å². The molecule has 1 aromatic rings. The van der Waals surface area contributed by atoms with Crippen molar-refractivity contribution in [3.05, 3.63) is 33.6 Å². The maximum atomic E-state index is 13.7. The first-order chi connectivity index (χ1) is 7.85. The highest BCUT2D eigenvalue weighted by Crippen LogP contribution is 2.29. The zero-order valence-corrected chi connectivity index (χ0v) is 11.2. The van der Waals surface area contributed by atoms with Crippen molar-refractivity contribution in [3.63, 3.8) is 0 Å². The molecule has 0 saturated carbocycles. The molecule has 0 atom stereocenters. The highest BCUT2D eigenvalue weighted by atomic mass is 79.9. The number of alkyl halides is 1. The molecule has 8 heteroatoms. The Hall–Kier alpha value is -1.02. The largest absolute Gasteiger partial charge is 0.305 e. The number of sulfone groups is 1. The quantitative estimate of drug-likeness (QED) is 0.484. The van der Waals surface area contributed by atoms with Crippen LogP contribution in [0.3, 0.4) is 0 Å². The monoisotopic (exact) mass is 325 g/mol. The maximum Gasteiger partial charge on any atom is 0.305 e. The van der Waals surface area contributed by atoms with Crippen LogP contribution in [-0.2, 0) is 15.2 Å². The summed E-state index contributed by atoms with van der Waals surface area (Å²) in [7, 11) is -3.60. The molecule has 17 heavy (non-hydrogen) atoms. The number of hydrogen-bond acceptors (Lipinski definition) is 4. The van der Waals surface area contributed by atoms with E-state index in [1.165, 1.54) is 6.92 Å². The van der Waals surface area contributed by atoms with Gasteiger partial charge in [-0.2, -0.15) is 4.39 Å². The van der Waals surface area contributed by atoms with E-state index in [0.29, 0.717) is 0 Å². The number of benzene rings is 1. The van der Waals surface area contributed by atoms with Crippen LogP contribution < -0.4 is 0 Å². The van der Waals surface area contributed by atoms with Crippen LogP contribution in [0.1, 0.15) is 12.5 Å². The van der Waals surface area contributed by atoms with Crippen LogP contribution >= 0.6 is 15.9 Å². The van der Waals surface area contributed by atoms with Crippen LogP contribution in [0.5, 0.6) is 0 Å². The number of nitro groups is 1. The maximum absolute atomic E-state index is 13.7. The SMILES string of the molecule is CCS(=O)(=O)c1ccc([N+](=O)[O-])c(F)c1CBr. The summed E-state index contributed by atoms with van der Waals surface area (Å²) in [6.07, 6.45) is 0. The lowest BCUT2D eigenvalue weighted by Crippen LogP contribution is -2.09. The van der Waals surface area contributed by atoms with Gasteiger partial charge < -0.3 is 0 Å². The molecular weight excluding hydrogens is 317 g/mol. The predicted octanol–water partition coefficient (Wildman–Crippen LogP) is 2.42. The van der Waals surface area contributed by atoms with Crippen molar-refractivity contribution in [1.82, 2.24) is 0 Å². The van der Waals surface area contributed by atoms with Gasteiger partial charge in [0.15, 0.2) is 9.84 Å². The molecule has 0 heterocycles. The molecule has 0 N–H and O–H groups in total. The van der Waals surface area contributed by atoms with Crippen LogP contribution in [0, 0.1) is 15.9 Å². The van der Waals surface area contributed by atoms with E-state index in [-0.39, 0.29) is 21.5 Å². The van der Waals surface area contributed by atoms with Crippen molar-refractivity contribution in [1.29, 1.82) is 0 Å². The van der Waals surface area contributed by atoms with E-state index in [9.17, 15) is 22.9 Å². The van der Waals surface area contributed by atoms with E-state index < -0.39 is 26.3 Å². The fourth-order valence-corrected chi connectivity index (χ4v) is 3.16. The lowest BCUT2D eigenvalue weighted by Gasteiger charge is -2.08. The van der Waals surface area contributed by atoms with E-state index in [2.05, 4.69) is 15.9 Å². The molecule has 5 nitrogen and oxygen atoms in total. The zero-order valence-electron chi connectivity index (χ0n) is 8.81. The van der Waals surface area contributed by atoms with Gasteiger partial charge in [0.05, 0.1) is 15.6 Å². The lowest BCUT2D eigenvalue weighted by molar-refractivity contribution is -0.387. The average Bonchev–Trinajstić information content (AvgIpc) is 2.27. The standard InChI is InChI=1S/C9H9BrFNO4S/c1-2-17(15,16)8-4-3-7(12(13)14)9(11)6(8)5-10/h3-4H,2,5H2,1H3. The van der Waals surface area contributed by atoms with Gasteiger partial charge in [-0.15, -0.1) is 0 Å². The first kappa shape index (κ1) is 14.0. The zero-order chi connectivity index (χ0) is 13.2. The Morgan fingerprint density at radius 2 is 2.06 bits per heavy atom. The van der Waals surface area contributed by atoms with Gasteiger partial charge in [-0.05, 0) is 6.07 Å². The van der Waals surface area contributed by atoms with Gasteiger partial charge >= 0.3 is 5.69 Å². The Morgan fingerprint density at radius 3 is 2.47 bits per heavy atom. The summed E-state index contributed by atoms with van der Waals surface area (Å²) in [6, 6.07) is 1.93. The van der Waals surface area contributed by atoms with Gasteiger partial charge in [-0.1, -0.05) is 22.9 Å². The molecule has 0 fully saturated rings. The molecule has 94 valence electrons. The van der Waals surface area contributed by atoms with Crippen LogP contribution in [0.25, 0.3) is 0 Å². The van der Waals surface area contributed by atoms with Crippen LogP contribution in [0.15, 0.2) is 17.0 Å². The Labute approximate surface area is 106 Å². The molecule has 0 spiro atoms. The van der Waals surface area contributed by atoms with Gasteiger partial charge in [0, 0.05) is 17.0 Å². The number of hydrogen-bond donors (Lipinski definition) is 0. The molecule has 0 aliphatic carbocycles. The second kappa shape index (κ2) is 5.09. The van der Waals surface area contributed by atoms with Crippen LogP contribution in [-0.4, -0.2) is 19.1 Å². The minimum atomic E-state index is -3.60.